The van der Waals surface area contributed by atoms with Crippen molar-refractivity contribution >= 4 is 28.2 Å². The molecule has 26 heavy (non-hydrogen) atoms. The maximum atomic E-state index is 4.77. The van der Waals surface area contributed by atoms with E-state index in [0.717, 1.165) is 60.0 Å². The first kappa shape index (κ1) is 16.8. The molecule has 0 saturated carbocycles. The van der Waals surface area contributed by atoms with Crippen molar-refractivity contribution in [2.45, 2.75) is 32.6 Å². The van der Waals surface area contributed by atoms with E-state index in [1.165, 1.54) is 0 Å². The molecule has 3 aromatic heterocycles. The molecular weight excluding hydrogens is 346 g/mol. The monoisotopic (exact) mass is 367 g/mol. The van der Waals surface area contributed by atoms with Crippen molar-refractivity contribution in [3.8, 4) is 0 Å². The lowest BCUT2D eigenvalue weighted by molar-refractivity contribution is 0.485. The summed E-state index contributed by atoms with van der Waals surface area (Å²) in [6.07, 6.45) is 5.72. The van der Waals surface area contributed by atoms with E-state index in [9.17, 15) is 0 Å². The highest BCUT2D eigenvalue weighted by molar-refractivity contribution is 7.13. The lowest BCUT2D eigenvalue weighted by atomic mass is 9.97. The summed E-state index contributed by atoms with van der Waals surface area (Å²) in [5.41, 5.74) is 1.97. The van der Waals surface area contributed by atoms with Crippen LogP contribution in [0.15, 0.2) is 29.9 Å². The Morgan fingerprint density at radius 3 is 2.73 bits per heavy atom. The van der Waals surface area contributed by atoms with Crippen LogP contribution in [0.4, 0.5) is 16.9 Å². The molecule has 134 valence electrons. The van der Waals surface area contributed by atoms with Crippen molar-refractivity contribution in [2.75, 3.05) is 23.3 Å². The van der Waals surface area contributed by atoms with Crippen LogP contribution in [0.3, 0.4) is 0 Å². The molecule has 1 aliphatic rings. The van der Waals surface area contributed by atoms with Crippen molar-refractivity contribution in [3.63, 3.8) is 0 Å². The minimum atomic E-state index is 0.269. The van der Waals surface area contributed by atoms with Crippen LogP contribution in [-0.2, 0) is 0 Å². The molecule has 4 heterocycles. The van der Waals surface area contributed by atoms with Gasteiger partial charge < -0.3 is 10.2 Å². The van der Waals surface area contributed by atoms with Gasteiger partial charge in [-0.15, -0.1) is 11.3 Å². The Bertz CT molecular complexity index is 880. The van der Waals surface area contributed by atoms with Gasteiger partial charge in [0.25, 0.3) is 0 Å². The largest absolute Gasteiger partial charge is 0.340 e. The molecule has 7 nitrogen and oxygen atoms in total. The Balaban J connectivity index is 1.54. The molecule has 1 atom stereocenters. The SMILES string of the molecule is Cc1cc(Nc2nc(C)cs2)nc(C2CCCN(c3ncccn3)C2)n1. The molecule has 0 aromatic carbocycles. The van der Waals surface area contributed by atoms with Gasteiger partial charge >= 0.3 is 0 Å². The van der Waals surface area contributed by atoms with E-state index in [1.807, 2.05) is 31.4 Å². The summed E-state index contributed by atoms with van der Waals surface area (Å²) in [5, 5.41) is 6.19. The number of rotatable bonds is 4. The third kappa shape index (κ3) is 3.80. The van der Waals surface area contributed by atoms with Gasteiger partial charge in [0, 0.05) is 48.5 Å². The maximum absolute atomic E-state index is 4.77. The molecule has 1 N–H and O–H groups in total. The molecule has 0 spiro atoms. The molecule has 8 heteroatoms. The van der Waals surface area contributed by atoms with Crippen LogP contribution in [0.5, 0.6) is 0 Å². The van der Waals surface area contributed by atoms with Crippen molar-refractivity contribution in [1.29, 1.82) is 0 Å². The quantitative estimate of drug-likeness (QED) is 0.756. The van der Waals surface area contributed by atoms with Crippen LogP contribution in [-0.4, -0.2) is 38.0 Å². The number of nitrogens with one attached hydrogen (secondary N) is 1. The van der Waals surface area contributed by atoms with Crippen LogP contribution in [0, 0.1) is 13.8 Å². The van der Waals surface area contributed by atoms with Crippen LogP contribution < -0.4 is 10.2 Å². The average molecular weight is 367 g/mol. The average Bonchev–Trinajstić information content (AvgIpc) is 3.07. The zero-order chi connectivity index (χ0) is 17.9. The third-order valence-corrected chi connectivity index (χ3v) is 5.22. The molecule has 0 bridgehead atoms. The van der Waals surface area contributed by atoms with E-state index < -0.39 is 0 Å². The first-order valence-electron chi connectivity index (χ1n) is 8.74. The molecule has 1 saturated heterocycles. The number of hydrogen-bond acceptors (Lipinski definition) is 8. The molecule has 4 rings (SSSR count). The van der Waals surface area contributed by atoms with Crippen molar-refractivity contribution in [1.82, 2.24) is 24.9 Å². The second-order valence-corrected chi connectivity index (χ2v) is 7.36. The standard InChI is InChI=1S/C18H21N7S/c1-12-9-15(24-18-22-13(2)11-26-18)23-16(21-12)14-5-3-8-25(10-14)17-19-6-4-7-20-17/h4,6-7,9,11,14H,3,5,8,10H2,1-2H3,(H,21,22,23,24). The first-order chi connectivity index (χ1) is 12.7. The summed E-state index contributed by atoms with van der Waals surface area (Å²) >= 11 is 1.58. The molecule has 3 aromatic rings. The number of nitrogens with zero attached hydrogens (tertiary/aromatic N) is 6. The van der Waals surface area contributed by atoms with Gasteiger partial charge in [0.05, 0.1) is 5.69 Å². The van der Waals surface area contributed by atoms with Gasteiger partial charge in [0.1, 0.15) is 11.6 Å². The molecular formula is C18H21N7S. The Morgan fingerprint density at radius 1 is 1.12 bits per heavy atom. The fraction of sp³-hybridized carbons (Fsp3) is 0.389. The molecule has 0 aliphatic carbocycles. The van der Waals surface area contributed by atoms with Crippen LogP contribution in [0.25, 0.3) is 0 Å². The highest BCUT2D eigenvalue weighted by Gasteiger charge is 2.25. The Kier molecular flexibility index (Phi) is 4.75. The number of aromatic nitrogens is 5. The van der Waals surface area contributed by atoms with E-state index in [1.54, 1.807) is 23.7 Å². The van der Waals surface area contributed by atoms with Gasteiger partial charge in [0.2, 0.25) is 5.95 Å². The van der Waals surface area contributed by atoms with E-state index in [0.29, 0.717) is 0 Å². The topological polar surface area (TPSA) is 79.7 Å². The van der Waals surface area contributed by atoms with Gasteiger partial charge in [-0.3, -0.25) is 0 Å². The molecule has 1 unspecified atom stereocenters. The van der Waals surface area contributed by atoms with Gasteiger partial charge in [-0.1, -0.05) is 0 Å². The first-order valence-corrected chi connectivity index (χ1v) is 9.62. The minimum absolute atomic E-state index is 0.269. The summed E-state index contributed by atoms with van der Waals surface area (Å²) in [4.78, 5) is 24.9. The summed E-state index contributed by atoms with van der Waals surface area (Å²) in [6.45, 7) is 5.80. The lowest BCUT2D eigenvalue weighted by Gasteiger charge is -2.32. The summed E-state index contributed by atoms with van der Waals surface area (Å²) in [7, 11) is 0. The number of anilines is 3. The predicted molar refractivity (Wildman–Crippen MR) is 103 cm³/mol. The zero-order valence-electron chi connectivity index (χ0n) is 14.9. The Morgan fingerprint density at radius 2 is 1.96 bits per heavy atom. The summed E-state index contributed by atoms with van der Waals surface area (Å²) in [5.74, 6) is 2.73. The predicted octanol–water partition coefficient (Wildman–Crippen LogP) is 3.47. The molecule has 0 amide bonds. The van der Waals surface area contributed by atoms with Gasteiger partial charge in [-0.2, -0.15) is 0 Å². The van der Waals surface area contributed by atoms with Crippen LogP contribution in [0.1, 0.15) is 36.0 Å². The van der Waals surface area contributed by atoms with E-state index in [-0.39, 0.29) is 5.92 Å². The third-order valence-electron chi connectivity index (χ3n) is 4.35. The van der Waals surface area contributed by atoms with Crippen LogP contribution >= 0.6 is 11.3 Å². The van der Waals surface area contributed by atoms with Crippen molar-refractivity contribution in [2.24, 2.45) is 0 Å². The molecule has 1 aliphatic heterocycles. The van der Waals surface area contributed by atoms with Gasteiger partial charge in [-0.25, -0.2) is 24.9 Å². The Labute approximate surface area is 156 Å². The van der Waals surface area contributed by atoms with E-state index in [2.05, 4.69) is 25.2 Å². The van der Waals surface area contributed by atoms with Crippen molar-refractivity contribution < 1.29 is 0 Å². The number of aryl methyl sites for hydroxylation is 2. The zero-order valence-corrected chi connectivity index (χ0v) is 15.7. The highest BCUT2D eigenvalue weighted by atomic mass is 32.1. The highest BCUT2D eigenvalue weighted by Crippen LogP contribution is 2.28. The smallest absolute Gasteiger partial charge is 0.225 e. The van der Waals surface area contributed by atoms with Crippen LogP contribution in [0.2, 0.25) is 0 Å². The number of hydrogen-bond donors (Lipinski definition) is 1. The van der Waals surface area contributed by atoms with Crippen molar-refractivity contribution in [3.05, 3.63) is 47.1 Å². The number of thiazole rings is 1. The number of piperidine rings is 1. The second kappa shape index (κ2) is 7.33. The van der Waals surface area contributed by atoms with Gasteiger partial charge in [0.15, 0.2) is 5.13 Å². The van der Waals surface area contributed by atoms with E-state index in [4.69, 9.17) is 9.97 Å². The summed E-state index contributed by atoms with van der Waals surface area (Å²) in [6, 6.07) is 3.80. The fourth-order valence-corrected chi connectivity index (χ4v) is 3.88. The second-order valence-electron chi connectivity index (χ2n) is 6.51. The van der Waals surface area contributed by atoms with Gasteiger partial charge in [-0.05, 0) is 32.8 Å². The maximum Gasteiger partial charge on any atom is 0.225 e. The Hall–Kier alpha value is -2.61. The molecule has 0 radical (unpaired) electrons. The minimum Gasteiger partial charge on any atom is -0.340 e. The summed E-state index contributed by atoms with van der Waals surface area (Å²) < 4.78 is 0. The lowest BCUT2D eigenvalue weighted by Crippen LogP contribution is -2.36. The van der Waals surface area contributed by atoms with E-state index >= 15 is 0 Å². The normalized spacial score (nSPS) is 17.3. The fourth-order valence-electron chi connectivity index (χ4n) is 3.18. The molecule has 1 fully saturated rings.